The highest BCUT2D eigenvalue weighted by Crippen LogP contribution is 2.21. The van der Waals surface area contributed by atoms with Crippen molar-refractivity contribution in [2.24, 2.45) is 0 Å². The van der Waals surface area contributed by atoms with Gasteiger partial charge in [0.05, 0.1) is 13.7 Å². The van der Waals surface area contributed by atoms with Crippen molar-refractivity contribution in [1.82, 2.24) is 0 Å². The monoisotopic (exact) mass is 812 g/mol. The Bertz CT molecular complexity index is 663. The van der Waals surface area contributed by atoms with Crippen molar-refractivity contribution in [2.75, 3.05) is 22.6 Å². The molecular weight excluding hydrogens is 792 g/mol. The van der Waals surface area contributed by atoms with E-state index in [4.69, 9.17) is 9.84 Å². The van der Waals surface area contributed by atoms with E-state index in [-0.39, 0.29) is 24.8 Å². The lowest BCUT2D eigenvalue weighted by Gasteiger charge is -2.06. The predicted octanol–water partition coefficient (Wildman–Crippen LogP) is 8.53. The molecule has 0 aliphatic carbocycles. The van der Waals surface area contributed by atoms with E-state index in [2.05, 4.69) is 70.4 Å². The second-order valence-electron chi connectivity index (χ2n) is 4.79. The fourth-order valence-corrected chi connectivity index (χ4v) is 4.01. The van der Waals surface area contributed by atoms with Gasteiger partial charge in [-0.1, -0.05) is 55.2 Å². The first-order valence-electron chi connectivity index (χ1n) is 7.75. The van der Waals surface area contributed by atoms with E-state index in [9.17, 15) is 8.78 Å². The Balaban J connectivity index is 0. The van der Waals surface area contributed by atoms with Gasteiger partial charge in [-0.2, -0.15) is 0 Å². The van der Waals surface area contributed by atoms with Gasteiger partial charge >= 0.3 is 0 Å². The maximum Gasteiger partial charge on any atom is 0.132 e. The topological polar surface area (TPSA) is 29.5 Å². The van der Waals surface area contributed by atoms with Crippen LogP contribution in [0.2, 0.25) is 0 Å². The van der Waals surface area contributed by atoms with Gasteiger partial charge in [0, 0.05) is 16.0 Å². The average molecular weight is 815 g/mol. The Morgan fingerprint density at radius 3 is 1.71 bits per heavy atom. The van der Waals surface area contributed by atoms with Gasteiger partial charge < -0.3 is 9.84 Å². The van der Waals surface area contributed by atoms with Gasteiger partial charge in [0.15, 0.2) is 0 Å². The van der Waals surface area contributed by atoms with Gasteiger partial charge in [-0.05, 0) is 94.4 Å². The maximum atomic E-state index is 12.7. The second-order valence-corrected chi connectivity index (χ2v) is 9.50. The summed E-state index contributed by atoms with van der Waals surface area (Å²) in [4.78, 5) is 0. The SMILES string of the molecule is BrCCCBr.C.Fc1ccc(OCCCBr)c(I)c1.Oc1ccc(F)cc1I. The summed E-state index contributed by atoms with van der Waals surface area (Å²) < 4.78 is 31.7. The Morgan fingerprint density at radius 2 is 1.32 bits per heavy atom. The van der Waals surface area contributed by atoms with Gasteiger partial charge in [0.1, 0.15) is 23.1 Å². The molecule has 0 atom stereocenters. The highest BCUT2D eigenvalue weighted by Gasteiger charge is 2.01. The summed E-state index contributed by atoms with van der Waals surface area (Å²) in [7, 11) is 0. The molecule has 1 N–H and O–H groups in total. The zero-order valence-corrected chi connectivity index (χ0v) is 23.3. The number of phenolic OH excluding ortho intramolecular Hbond substituents is 1. The van der Waals surface area contributed by atoms with E-state index >= 15 is 0 Å². The number of aromatic hydroxyl groups is 1. The lowest BCUT2D eigenvalue weighted by Crippen LogP contribution is -1.99. The molecule has 0 saturated heterocycles. The highest BCUT2D eigenvalue weighted by molar-refractivity contribution is 14.1. The van der Waals surface area contributed by atoms with Gasteiger partial charge in [-0.3, -0.25) is 0 Å². The standard InChI is InChI=1S/C9H9BrFIO.C6H4FIO.C3H6Br2.CH4/c10-4-1-5-13-9-3-2-7(11)6-8(9)12;7-4-1-2-6(9)5(8)3-4;4-2-1-3-5;/h2-3,6H,1,4-5H2;1-3,9H;1-3H2;1H4. The third kappa shape index (κ3) is 15.6. The summed E-state index contributed by atoms with van der Waals surface area (Å²) in [5.74, 6) is 0.328. The van der Waals surface area contributed by atoms with Crippen molar-refractivity contribution < 1.29 is 18.6 Å². The molecule has 0 aliphatic rings. The summed E-state index contributed by atoms with van der Waals surface area (Å²) in [6.07, 6.45) is 2.17. The number of ether oxygens (including phenoxy) is 1. The molecule has 0 saturated carbocycles. The largest absolute Gasteiger partial charge is 0.507 e. The second kappa shape index (κ2) is 19.7. The van der Waals surface area contributed by atoms with Crippen molar-refractivity contribution in [3.63, 3.8) is 0 Å². The van der Waals surface area contributed by atoms with Crippen molar-refractivity contribution in [1.29, 1.82) is 0 Å². The molecular formula is C19H23Br3F2I2O2. The van der Waals surface area contributed by atoms with Crippen LogP contribution in [0.25, 0.3) is 0 Å². The van der Waals surface area contributed by atoms with Crippen molar-refractivity contribution in [3.8, 4) is 11.5 Å². The summed E-state index contributed by atoms with van der Waals surface area (Å²) in [6.45, 7) is 0.660. The first kappa shape index (κ1) is 31.0. The van der Waals surface area contributed by atoms with Gasteiger partial charge in [0.25, 0.3) is 0 Å². The van der Waals surface area contributed by atoms with E-state index < -0.39 is 0 Å². The molecule has 0 spiro atoms. The van der Waals surface area contributed by atoms with E-state index in [1.54, 1.807) is 6.07 Å². The highest BCUT2D eigenvalue weighted by atomic mass is 127. The third-order valence-corrected chi connectivity index (χ3v) is 6.00. The minimum absolute atomic E-state index is 0. The molecule has 2 rings (SSSR count). The van der Waals surface area contributed by atoms with E-state index in [0.717, 1.165) is 31.7 Å². The van der Waals surface area contributed by atoms with Crippen LogP contribution < -0.4 is 4.74 Å². The first-order valence-corrected chi connectivity index (χ1v) is 13.3. The molecule has 2 aromatic carbocycles. The molecule has 28 heavy (non-hydrogen) atoms. The van der Waals surface area contributed by atoms with Crippen LogP contribution in [0.3, 0.4) is 0 Å². The predicted molar refractivity (Wildman–Crippen MR) is 143 cm³/mol. The number of halogens is 7. The minimum Gasteiger partial charge on any atom is -0.507 e. The lowest BCUT2D eigenvalue weighted by atomic mass is 10.3. The molecule has 0 fully saturated rings. The molecule has 9 heteroatoms. The fourth-order valence-electron chi connectivity index (χ4n) is 1.36. The maximum absolute atomic E-state index is 12.7. The number of alkyl halides is 3. The molecule has 2 nitrogen and oxygen atoms in total. The van der Waals surface area contributed by atoms with Crippen LogP contribution >= 0.6 is 93.0 Å². The average Bonchev–Trinajstić information content (AvgIpc) is 2.62. The summed E-state index contributed by atoms with van der Waals surface area (Å²) in [5.41, 5.74) is 0. The van der Waals surface area contributed by atoms with Crippen LogP contribution in [0.1, 0.15) is 20.3 Å². The number of phenols is 1. The summed E-state index contributed by atoms with van der Waals surface area (Å²) >= 11 is 13.8. The normalized spacial score (nSPS) is 9.25. The summed E-state index contributed by atoms with van der Waals surface area (Å²) in [6, 6.07) is 8.35. The Labute approximate surface area is 218 Å². The van der Waals surface area contributed by atoms with E-state index in [1.165, 1.54) is 36.8 Å². The zero-order chi connectivity index (χ0) is 20.7. The molecule has 0 radical (unpaired) electrons. The van der Waals surface area contributed by atoms with Crippen LogP contribution in [0.15, 0.2) is 36.4 Å². The number of rotatable bonds is 6. The number of hydrogen-bond acceptors (Lipinski definition) is 2. The Hall–Kier alpha value is 0.800. The molecule has 0 amide bonds. The van der Waals surface area contributed by atoms with Gasteiger partial charge in [-0.15, -0.1) is 0 Å². The van der Waals surface area contributed by atoms with Crippen molar-refractivity contribution in [2.45, 2.75) is 20.3 Å². The smallest absolute Gasteiger partial charge is 0.132 e. The first-order chi connectivity index (χ1) is 12.8. The third-order valence-electron chi connectivity index (χ3n) is 2.61. The van der Waals surface area contributed by atoms with Crippen LogP contribution in [-0.4, -0.2) is 27.7 Å². The molecule has 0 unspecified atom stereocenters. The zero-order valence-electron chi connectivity index (χ0n) is 14.2. The number of benzene rings is 2. The Kier molecular flexibility index (Phi) is 21.9. The quantitative estimate of drug-likeness (QED) is 0.180. The molecule has 0 aliphatic heterocycles. The van der Waals surface area contributed by atoms with Crippen LogP contribution in [0.5, 0.6) is 11.5 Å². The van der Waals surface area contributed by atoms with Crippen molar-refractivity contribution in [3.05, 3.63) is 55.2 Å². The minimum atomic E-state index is -0.322. The molecule has 2 aromatic rings. The molecule has 160 valence electrons. The Morgan fingerprint density at radius 1 is 0.821 bits per heavy atom. The van der Waals surface area contributed by atoms with Crippen molar-refractivity contribution >= 4 is 93.0 Å². The van der Waals surface area contributed by atoms with Crippen LogP contribution in [0.4, 0.5) is 8.78 Å². The molecule has 0 aromatic heterocycles. The van der Waals surface area contributed by atoms with E-state index in [0.29, 0.717) is 10.2 Å². The molecule has 0 heterocycles. The summed E-state index contributed by atoms with van der Waals surface area (Å²) in [5, 5.41) is 12.0. The van der Waals surface area contributed by atoms with E-state index in [1.807, 2.05) is 22.6 Å². The molecule has 0 bridgehead atoms. The lowest BCUT2D eigenvalue weighted by molar-refractivity contribution is 0.316. The van der Waals surface area contributed by atoms with Gasteiger partial charge in [-0.25, -0.2) is 8.78 Å². The number of hydrogen-bond donors (Lipinski definition) is 1. The van der Waals surface area contributed by atoms with Crippen LogP contribution in [-0.2, 0) is 0 Å². The van der Waals surface area contributed by atoms with Crippen LogP contribution in [0, 0.1) is 18.8 Å². The fraction of sp³-hybridized carbons (Fsp3) is 0.368. The van der Waals surface area contributed by atoms with Gasteiger partial charge in [0.2, 0.25) is 0 Å².